The summed E-state index contributed by atoms with van der Waals surface area (Å²) in [5.41, 5.74) is 1.55. The van der Waals surface area contributed by atoms with Gasteiger partial charge in [0.15, 0.2) is 0 Å². The quantitative estimate of drug-likeness (QED) is 0.917. The van der Waals surface area contributed by atoms with E-state index in [-0.39, 0.29) is 5.91 Å². The monoisotopic (exact) mass is 330 g/mol. The summed E-state index contributed by atoms with van der Waals surface area (Å²) in [6.45, 7) is 0. The van der Waals surface area contributed by atoms with E-state index in [0.29, 0.717) is 11.3 Å². The normalized spacial score (nSPS) is 11.4. The average Bonchev–Trinajstić information content (AvgIpc) is 2.53. The van der Waals surface area contributed by atoms with Gasteiger partial charge >= 0.3 is 0 Å². The molecule has 0 aliphatic heterocycles. The molecule has 0 spiro atoms. The van der Waals surface area contributed by atoms with Gasteiger partial charge in [-0.25, -0.2) is 8.42 Å². The van der Waals surface area contributed by atoms with Crippen LogP contribution in [0.2, 0.25) is 0 Å². The summed E-state index contributed by atoms with van der Waals surface area (Å²) >= 11 is 0. The van der Waals surface area contributed by atoms with Crippen molar-refractivity contribution in [3.05, 3.63) is 71.1 Å². The Labute approximate surface area is 136 Å². The highest BCUT2D eigenvalue weighted by atomic mass is 32.2. The van der Waals surface area contributed by atoms with Crippen molar-refractivity contribution in [1.29, 1.82) is 0 Å². The van der Waals surface area contributed by atoms with Crippen molar-refractivity contribution in [2.45, 2.75) is 0 Å². The molecule has 0 heterocycles. The number of anilines is 1. The molecule has 1 amide bonds. The number of carbonyl (C=O) groups is 1. The van der Waals surface area contributed by atoms with E-state index in [1.54, 1.807) is 32.3 Å². The van der Waals surface area contributed by atoms with E-state index in [0.717, 1.165) is 11.0 Å². The van der Waals surface area contributed by atoms with Crippen molar-refractivity contribution >= 4 is 27.7 Å². The fraction of sp³-hybridized carbons (Fsp3) is 0.118. The van der Waals surface area contributed by atoms with Crippen molar-refractivity contribution in [3.8, 4) is 0 Å². The lowest BCUT2D eigenvalue weighted by Crippen LogP contribution is -2.21. The molecule has 0 aliphatic carbocycles. The molecule has 120 valence electrons. The Kier molecular flexibility index (Phi) is 5.18. The highest BCUT2D eigenvalue weighted by molar-refractivity contribution is 7.95. The van der Waals surface area contributed by atoms with Crippen molar-refractivity contribution in [2.24, 2.45) is 0 Å². The SMILES string of the molecule is CN(C)C(=O)c1cccc(NS(=O)(=O)/C=C/c2ccccc2)c1. The Morgan fingerprint density at radius 1 is 1.04 bits per heavy atom. The topological polar surface area (TPSA) is 66.5 Å². The first kappa shape index (κ1) is 16.8. The molecule has 0 aromatic heterocycles. The Balaban J connectivity index is 2.16. The second kappa shape index (κ2) is 7.11. The molecule has 1 N–H and O–H groups in total. The maximum Gasteiger partial charge on any atom is 0.255 e. The number of sulfonamides is 1. The van der Waals surface area contributed by atoms with E-state index in [4.69, 9.17) is 0 Å². The number of benzene rings is 2. The van der Waals surface area contributed by atoms with Crippen molar-refractivity contribution in [1.82, 2.24) is 4.90 Å². The first-order valence-electron chi connectivity index (χ1n) is 6.95. The van der Waals surface area contributed by atoms with Gasteiger partial charge < -0.3 is 4.90 Å². The molecule has 2 aromatic carbocycles. The molecule has 0 aliphatic rings. The fourth-order valence-corrected chi connectivity index (χ4v) is 2.76. The van der Waals surface area contributed by atoms with Crippen LogP contribution in [0.4, 0.5) is 5.69 Å². The largest absolute Gasteiger partial charge is 0.345 e. The van der Waals surface area contributed by atoms with Gasteiger partial charge in [0.25, 0.3) is 15.9 Å². The van der Waals surface area contributed by atoms with Gasteiger partial charge in [-0.1, -0.05) is 36.4 Å². The summed E-state index contributed by atoms with van der Waals surface area (Å²) in [6.07, 6.45) is 1.51. The highest BCUT2D eigenvalue weighted by Crippen LogP contribution is 2.14. The number of hydrogen-bond donors (Lipinski definition) is 1. The lowest BCUT2D eigenvalue weighted by Gasteiger charge is -2.11. The minimum Gasteiger partial charge on any atom is -0.345 e. The molecule has 5 nitrogen and oxygen atoms in total. The molecule has 0 unspecified atom stereocenters. The number of nitrogens with one attached hydrogen (secondary N) is 1. The molecule has 0 saturated carbocycles. The van der Waals surface area contributed by atoms with Crippen LogP contribution in [0.25, 0.3) is 6.08 Å². The highest BCUT2D eigenvalue weighted by Gasteiger charge is 2.10. The van der Waals surface area contributed by atoms with Gasteiger partial charge in [-0.15, -0.1) is 0 Å². The minimum atomic E-state index is -3.65. The maximum atomic E-state index is 12.1. The van der Waals surface area contributed by atoms with Gasteiger partial charge in [-0.2, -0.15) is 0 Å². The van der Waals surface area contributed by atoms with Crippen LogP contribution in [-0.2, 0) is 10.0 Å². The summed E-state index contributed by atoms with van der Waals surface area (Å²) in [5, 5.41) is 1.10. The summed E-state index contributed by atoms with van der Waals surface area (Å²) in [4.78, 5) is 13.3. The van der Waals surface area contributed by atoms with Gasteiger partial charge in [0.1, 0.15) is 0 Å². The van der Waals surface area contributed by atoms with E-state index in [9.17, 15) is 13.2 Å². The molecule has 2 rings (SSSR count). The number of rotatable bonds is 5. The summed E-state index contributed by atoms with van der Waals surface area (Å²) in [7, 11) is -0.370. The van der Waals surface area contributed by atoms with E-state index >= 15 is 0 Å². The van der Waals surface area contributed by atoms with Gasteiger partial charge in [-0.3, -0.25) is 9.52 Å². The third-order valence-electron chi connectivity index (χ3n) is 3.02. The molecule has 0 atom stereocenters. The number of carbonyl (C=O) groups excluding carboxylic acids is 1. The molecule has 6 heteroatoms. The zero-order valence-electron chi connectivity index (χ0n) is 12.9. The standard InChI is InChI=1S/C17H18N2O3S/c1-19(2)17(20)15-9-6-10-16(13-15)18-23(21,22)12-11-14-7-4-3-5-8-14/h3-13,18H,1-2H3/b12-11+. The van der Waals surface area contributed by atoms with E-state index < -0.39 is 10.0 Å². The zero-order valence-corrected chi connectivity index (χ0v) is 13.7. The smallest absolute Gasteiger partial charge is 0.255 e. The van der Waals surface area contributed by atoms with E-state index in [1.165, 1.54) is 17.0 Å². The molecular formula is C17H18N2O3S. The fourth-order valence-electron chi connectivity index (χ4n) is 1.90. The van der Waals surface area contributed by atoms with Crippen LogP contribution in [-0.4, -0.2) is 33.3 Å². The lowest BCUT2D eigenvalue weighted by atomic mass is 10.2. The second-order valence-corrected chi connectivity index (χ2v) is 6.71. The Bertz CT molecular complexity index is 813. The predicted octanol–water partition coefficient (Wildman–Crippen LogP) is 2.80. The lowest BCUT2D eigenvalue weighted by molar-refractivity contribution is 0.0827. The van der Waals surface area contributed by atoms with Crippen molar-refractivity contribution in [3.63, 3.8) is 0 Å². The van der Waals surface area contributed by atoms with Crippen LogP contribution in [0.15, 0.2) is 60.0 Å². The zero-order chi connectivity index (χ0) is 16.9. The van der Waals surface area contributed by atoms with Crippen LogP contribution in [0.1, 0.15) is 15.9 Å². The summed E-state index contributed by atoms with van der Waals surface area (Å²) in [5.74, 6) is -0.189. The van der Waals surface area contributed by atoms with E-state index in [2.05, 4.69) is 4.72 Å². The maximum absolute atomic E-state index is 12.1. The van der Waals surface area contributed by atoms with Crippen LogP contribution in [0.3, 0.4) is 0 Å². The molecule has 2 aromatic rings. The third kappa shape index (κ3) is 4.96. The van der Waals surface area contributed by atoms with Gasteiger partial charge in [0.05, 0.1) is 5.41 Å². The molecule has 0 saturated heterocycles. The first-order chi connectivity index (χ1) is 10.9. The Morgan fingerprint density at radius 2 is 1.74 bits per heavy atom. The van der Waals surface area contributed by atoms with Gasteiger partial charge in [0, 0.05) is 25.3 Å². The average molecular weight is 330 g/mol. The van der Waals surface area contributed by atoms with Crippen LogP contribution in [0, 0.1) is 0 Å². The summed E-state index contributed by atoms with van der Waals surface area (Å²) in [6, 6.07) is 15.5. The summed E-state index contributed by atoms with van der Waals surface area (Å²) < 4.78 is 26.6. The van der Waals surface area contributed by atoms with E-state index in [1.807, 2.05) is 30.3 Å². The van der Waals surface area contributed by atoms with Crippen molar-refractivity contribution < 1.29 is 13.2 Å². The number of nitrogens with zero attached hydrogens (tertiary/aromatic N) is 1. The molecular weight excluding hydrogens is 312 g/mol. The molecule has 0 bridgehead atoms. The van der Waals surface area contributed by atoms with Gasteiger partial charge in [-0.05, 0) is 29.8 Å². The third-order valence-corrected chi connectivity index (χ3v) is 4.03. The number of hydrogen-bond acceptors (Lipinski definition) is 3. The van der Waals surface area contributed by atoms with Crippen LogP contribution < -0.4 is 4.72 Å². The minimum absolute atomic E-state index is 0.189. The Morgan fingerprint density at radius 3 is 2.39 bits per heavy atom. The predicted molar refractivity (Wildman–Crippen MR) is 92.5 cm³/mol. The molecule has 23 heavy (non-hydrogen) atoms. The van der Waals surface area contributed by atoms with Crippen molar-refractivity contribution in [2.75, 3.05) is 18.8 Å². The van der Waals surface area contributed by atoms with Crippen LogP contribution in [0.5, 0.6) is 0 Å². The Hall–Kier alpha value is -2.60. The molecule has 0 fully saturated rings. The second-order valence-electron chi connectivity index (χ2n) is 5.14. The van der Waals surface area contributed by atoms with Crippen LogP contribution >= 0.6 is 0 Å². The molecule has 0 radical (unpaired) electrons. The van der Waals surface area contributed by atoms with Gasteiger partial charge in [0.2, 0.25) is 0 Å². The first-order valence-corrected chi connectivity index (χ1v) is 8.50. The number of amides is 1.